The molecule has 0 radical (unpaired) electrons. The summed E-state index contributed by atoms with van der Waals surface area (Å²) in [4.78, 5) is 13.8. The van der Waals surface area contributed by atoms with Crippen molar-refractivity contribution in [2.75, 3.05) is 6.54 Å². The van der Waals surface area contributed by atoms with Gasteiger partial charge in [-0.2, -0.15) is 0 Å². The van der Waals surface area contributed by atoms with Crippen LogP contribution in [0.2, 0.25) is 0 Å². The number of carbonyl (C=O) groups is 1. The molecule has 0 aromatic rings. The Morgan fingerprint density at radius 1 is 1.35 bits per heavy atom. The minimum Gasteiger partial charge on any atom is -0.444 e. The molecule has 4 fully saturated rings. The van der Waals surface area contributed by atoms with Crippen LogP contribution in [0, 0.1) is 11.8 Å². The first-order valence-corrected chi connectivity index (χ1v) is 7.17. The van der Waals surface area contributed by atoms with Gasteiger partial charge in [0.15, 0.2) is 0 Å². The summed E-state index contributed by atoms with van der Waals surface area (Å²) < 4.78 is 31.6. The van der Waals surface area contributed by atoms with Crippen LogP contribution in [0.25, 0.3) is 0 Å². The van der Waals surface area contributed by atoms with Gasteiger partial charge in [0.05, 0.1) is 0 Å². The Kier molecular flexibility index (Phi) is 2.70. The maximum Gasteiger partial charge on any atom is 0.410 e. The van der Waals surface area contributed by atoms with Crippen molar-refractivity contribution in [1.82, 2.24) is 4.90 Å². The SMILES string of the molecule is CC(C)(C)OC(=O)N1C[C@@H]2C[C@H]1C2C1(N)CC(F)(F)C1. The zero-order valence-corrected chi connectivity index (χ0v) is 12.2. The fourth-order valence-corrected chi connectivity index (χ4v) is 4.15. The third kappa shape index (κ3) is 2.08. The lowest BCUT2D eigenvalue weighted by atomic mass is 9.55. The van der Waals surface area contributed by atoms with Crippen molar-refractivity contribution in [3.05, 3.63) is 0 Å². The first kappa shape index (κ1) is 14.0. The van der Waals surface area contributed by atoms with Crippen LogP contribution in [0.3, 0.4) is 0 Å². The van der Waals surface area contributed by atoms with Gasteiger partial charge in [-0.25, -0.2) is 13.6 Å². The quantitative estimate of drug-likeness (QED) is 0.806. The molecule has 0 aromatic carbocycles. The number of rotatable bonds is 1. The molecule has 3 atom stereocenters. The van der Waals surface area contributed by atoms with Crippen LogP contribution in [-0.4, -0.2) is 40.6 Å². The molecule has 1 amide bonds. The maximum absolute atomic E-state index is 13.1. The van der Waals surface area contributed by atoms with Crippen molar-refractivity contribution in [2.45, 2.75) is 63.1 Å². The van der Waals surface area contributed by atoms with Crippen LogP contribution in [0.15, 0.2) is 0 Å². The molecule has 0 aromatic heterocycles. The van der Waals surface area contributed by atoms with Crippen molar-refractivity contribution in [3.63, 3.8) is 0 Å². The summed E-state index contributed by atoms with van der Waals surface area (Å²) >= 11 is 0. The molecular weight excluding hydrogens is 266 g/mol. The Morgan fingerprint density at radius 3 is 2.45 bits per heavy atom. The Bertz CT molecular complexity index is 439. The number of halogens is 2. The van der Waals surface area contributed by atoms with E-state index in [-0.39, 0.29) is 36.8 Å². The van der Waals surface area contributed by atoms with Crippen LogP contribution in [0.4, 0.5) is 13.6 Å². The molecule has 2 saturated heterocycles. The minimum atomic E-state index is -2.62. The number of nitrogens with two attached hydrogens (primary N) is 1. The number of nitrogens with zero attached hydrogens (tertiary/aromatic N) is 1. The summed E-state index contributed by atoms with van der Waals surface area (Å²) in [6.07, 6.45) is 0.0239. The second kappa shape index (κ2) is 3.84. The van der Waals surface area contributed by atoms with Gasteiger partial charge in [-0.05, 0) is 33.1 Å². The number of ether oxygens (including phenoxy) is 1. The highest BCUT2D eigenvalue weighted by molar-refractivity contribution is 5.70. The predicted octanol–water partition coefficient (Wildman–Crippen LogP) is 2.37. The molecule has 2 aliphatic carbocycles. The Morgan fingerprint density at radius 2 is 1.95 bits per heavy atom. The summed E-state index contributed by atoms with van der Waals surface area (Å²) in [7, 11) is 0. The third-order valence-corrected chi connectivity index (χ3v) is 4.77. The van der Waals surface area contributed by atoms with Gasteiger partial charge in [0.25, 0.3) is 5.92 Å². The predicted molar refractivity (Wildman–Crippen MR) is 69.4 cm³/mol. The first-order valence-electron chi connectivity index (χ1n) is 7.17. The number of hydrogen-bond acceptors (Lipinski definition) is 3. The smallest absolute Gasteiger partial charge is 0.410 e. The van der Waals surface area contributed by atoms with E-state index in [2.05, 4.69) is 0 Å². The second-order valence-electron chi connectivity index (χ2n) is 7.66. The van der Waals surface area contributed by atoms with Crippen LogP contribution in [-0.2, 0) is 4.74 Å². The molecule has 4 aliphatic rings. The van der Waals surface area contributed by atoms with E-state index in [1.807, 2.05) is 20.8 Å². The molecule has 1 unspecified atom stereocenters. The minimum absolute atomic E-state index is 0.00893. The zero-order chi connectivity index (χ0) is 14.9. The number of hydrogen-bond donors (Lipinski definition) is 1. The first-order chi connectivity index (χ1) is 9.01. The standard InChI is InChI=1S/C14H22F2N2O2/c1-12(2,3)20-11(19)18-5-8-4-9(18)10(8)13(17)6-14(15,16)7-13/h8-10H,4-7,17H2,1-3H3/t8-,9-,10?/m0/s1. The van der Waals surface area contributed by atoms with E-state index >= 15 is 0 Å². The summed E-state index contributed by atoms with van der Waals surface area (Å²) in [5.41, 5.74) is 4.80. The van der Waals surface area contributed by atoms with Gasteiger partial charge in [-0.15, -0.1) is 0 Å². The highest BCUT2D eigenvalue weighted by Crippen LogP contribution is 2.59. The van der Waals surface area contributed by atoms with E-state index in [0.717, 1.165) is 6.42 Å². The lowest BCUT2D eigenvalue weighted by Crippen LogP contribution is -2.68. The molecule has 114 valence electrons. The largest absolute Gasteiger partial charge is 0.444 e. The normalized spacial score (nSPS) is 37.1. The molecule has 2 aliphatic heterocycles. The molecule has 0 spiro atoms. The van der Waals surface area contributed by atoms with E-state index in [1.165, 1.54) is 0 Å². The number of carbonyl (C=O) groups excluding carboxylic acids is 1. The van der Waals surface area contributed by atoms with Crippen molar-refractivity contribution in [2.24, 2.45) is 17.6 Å². The number of amides is 1. The van der Waals surface area contributed by atoms with Gasteiger partial charge < -0.3 is 15.4 Å². The molecule has 6 heteroatoms. The Labute approximate surface area is 117 Å². The van der Waals surface area contributed by atoms with Crippen molar-refractivity contribution >= 4 is 6.09 Å². The molecule has 2 bridgehead atoms. The van der Waals surface area contributed by atoms with Gasteiger partial charge in [-0.3, -0.25) is 0 Å². The molecule has 2 N–H and O–H groups in total. The van der Waals surface area contributed by atoms with Crippen molar-refractivity contribution in [1.29, 1.82) is 0 Å². The molecule has 4 rings (SSSR count). The van der Waals surface area contributed by atoms with E-state index in [9.17, 15) is 13.6 Å². The van der Waals surface area contributed by atoms with E-state index in [1.54, 1.807) is 4.90 Å². The van der Waals surface area contributed by atoms with Gasteiger partial charge in [0, 0.05) is 36.9 Å². The summed E-state index contributed by atoms with van der Waals surface area (Å²) in [6.45, 7) is 6.05. The zero-order valence-electron chi connectivity index (χ0n) is 12.2. The summed E-state index contributed by atoms with van der Waals surface area (Å²) in [5, 5.41) is 0. The van der Waals surface area contributed by atoms with Gasteiger partial charge >= 0.3 is 6.09 Å². The van der Waals surface area contributed by atoms with Gasteiger partial charge in [0.1, 0.15) is 5.60 Å². The van der Waals surface area contributed by atoms with E-state index < -0.39 is 17.1 Å². The van der Waals surface area contributed by atoms with Gasteiger partial charge in [-0.1, -0.05) is 0 Å². The number of alkyl halides is 2. The highest BCUT2D eigenvalue weighted by atomic mass is 19.3. The van der Waals surface area contributed by atoms with Crippen molar-refractivity contribution in [3.8, 4) is 0 Å². The van der Waals surface area contributed by atoms with Crippen LogP contribution in [0.1, 0.15) is 40.0 Å². The average molecular weight is 288 g/mol. The van der Waals surface area contributed by atoms with E-state index in [0.29, 0.717) is 6.54 Å². The fraction of sp³-hybridized carbons (Fsp3) is 0.929. The van der Waals surface area contributed by atoms with Crippen molar-refractivity contribution < 1.29 is 18.3 Å². The lowest BCUT2D eigenvalue weighted by molar-refractivity contribution is -0.158. The highest BCUT2D eigenvalue weighted by Gasteiger charge is 2.68. The van der Waals surface area contributed by atoms with E-state index in [4.69, 9.17) is 10.5 Å². The third-order valence-electron chi connectivity index (χ3n) is 4.77. The van der Waals surface area contributed by atoms with Crippen LogP contribution >= 0.6 is 0 Å². The summed E-state index contributed by atoms with van der Waals surface area (Å²) in [6, 6.07) is -0.0176. The average Bonchev–Trinajstić information content (AvgIpc) is 2.66. The van der Waals surface area contributed by atoms with Crippen LogP contribution < -0.4 is 5.73 Å². The van der Waals surface area contributed by atoms with Gasteiger partial charge in [0.2, 0.25) is 0 Å². The molecule has 4 nitrogen and oxygen atoms in total. The Balaban J connectivity index is 1.65. The monoisotopic (exact) mass is 288 g/mol. The maximum atomic E-state index is 13.1. The second-order valence-corrected chi connectivity index (χ2v) is 7.66. The Hall–Kier alpha value is -0.910. The fourth-order valence-electron chi connectivity index (χ4n) is 4.15. The topological polar surface area (TPSA) is 55.6 Å². The molecule has 20 heavy (non-hydrogen) atoms. The number of fused-ring (bicyclic) bond motifs is 1. The molecule has 2 heterocycles. The molecular formula is C14H22F2N2O2. The molecule has 2 saturated carbocycles. The van der Waals surface area contributed by atoms with Crippen LogP contribution in [0.5, 0.6) is 0 Å². The summed E-state index contributed by atoms with van der Waals surface area (Å²) in [5.74, 6) is -2.36. The lowest BCUT2D eigenvalue weighted by Gasteiger charge is -2.55.